The zero-order chi connectivity index (χ0) is 19.2. The number of nitriles is 1. The summed E-state index contributed by atoms with van der Waals surface area (Å²) in [6.45, 7) is 5.02. The second kappa shape index (κ2) is 8.45. The Morgan fingerprint density at radius 1 is 1.19 bits per heavy atom. The van der Waals surface area contributed by atoms with Crippen LogP contribution in [0.3, 0.4) is 0 Å². The van der Waals surface area contributed by atoms with Gasteiger partial charge in [0.05, 0.1) is 17.7 Å². The van der Waals surface area contributed by atoms with Crippen LogP contribution in [0.15, 0.2) is 42.5 Å². The van der Waals surface area contributed by atoms with Crippen molar-refractivity contribution in [2.24, 2.45) is 5.92 Å². The Kier molecular flexibility index (Phi) is 5.82. The normalized spacial score (nSPS) is 13.6. The van der Waals surface area contributed by atoms with Gasteiger partial charge in [0.1, 0.15) is 19.0 Å². The van der Waals surface area contributed by atoms with E-state index in [1.54, 1.807) is 24.3 Å². The molecule has 2 aromatic carbocycles. The SMILES string of the molecule is CC(C)[C@H](NC(=O)COc1cccc(C#N)c1)c1ccc2c(c1)OCCO2. The van der Waals surface area contributed by atoms with Gasteiger partial charge >= 0.3 is 0 Å². The Hall–Kier alpha value is -3.20. The van der Waals surface area contributed by atoms with E-state index in [2.05, 4.69) is 5.32 Å². The molecule has 1 amide bonds. The molecule has 0 aromatic heterocycles. The van der Waals surface area contributed by atoms with Gasteiger partial charge in [-0.15, -0.1) is 0 Å². The first kappa shape index (κ1) is 18.6. The number of carbonyl (C=O) groups excluding carboxylic acids is 1. The van der Waals surface area contributed by atoms with Gasteiger partial charge in [0.25, 0.3) is 5.91 Å². The van der Waals surface area contributed by atoms with Gasteiger partial charge in [-0.3, -0.25) is 4.79 Å². The van der Waals surface area contributed by atoms with Crippen molar-refractivity contribution in [1.82, 2.24) is 5.32 Å². The zero-order valence-corrected chi connectivity index (χ0v) is 15.4. The number of rotatable bonds is 6. The molecule has 0 saturated carbocycles. The predicted molar refractivity (Wildman–Crippen MR) is 99.8 cm³/mol. The van der Waals surface area contributed by atoms with Crippen LogP contribution in [0, 0.1) is 17.2 Å². The largest absolute Gasteiger partial charge is 0.486 e. The number of benzene rings is 2. The summed E-state index contributed by atoms with van der Waals surface area (Å²) in [4.78, 5) is 12.4. The molecule has 0 bridgehead atoms. The van der Waals surface area contributed by atoms with Gasteiger partial charge < -0.3 is 19.5 Å². The molecule has 2 aromatic rings. The molecule has 6 heteroatoms. The van der Waals surface area contributed by atoms with Crippen LogP contribution in [-0.4, -0.2) is 25.7 Å². The lowest BCUT2D eigenvalue weighted by atomic mass is 9.95. The monoisotopic (exact) mass is 366 g/mol. The molecule has 1 heterocycles. The first-order valence-corrected chi connectivity index (χ1v) is 8.88. The second-order valence-corrected chi connectivity index (χ2v) is 6.62. The first-order chi connectivity index (χ1) is 13.1. The lowest BCUT2D eigenvalue weighted by molar-refractivity contribution is -0.124. The molecular formula is C21H22N2O4. The summed E-state index contributed by atoms with van der Waals surface area (Å²) < 4.78 is 16.7. The van der Waals surface area contributed by atoms with Crippen LogP contribution in [0.25, 0.3) is 0 Å². The van der Waals surface area contributed by atoms with Gasteiger partial charge in [0.2, 0.25) is 0 Å². The van der Waals surface area contributed by atoms with Crippen molar-refractivity contribution in [1.29, 1.82) is 5.26 Å². The van der Waals surface area contributed by atoms with Crippen LogP contribution in [0.1, 0.15) is 31.0 Å². The summed E-state index contributed by atoms with van der Waals surface area (Å²) in [5, 5.41) is 11.9. The Labute approximate surface area is 158 Å². The second-order valence-electron chi connectivity index (χ2n) is 6.62. The molecule has 6 nitrogen and oxygen atoms in total. The van der Waals surface area contributed by atoms with E-state index < -0.39 is 0 Å². The molecule has 1 aliphatic rings. The van der Waals surface area contributed by atoms with Gasteiger partial charge in [-0.05, 0) is 41.8 Å². The number of hydrogen-bond donors (Lipinski definition) is 1. The average Bonchev–Trinajstić information content (AvgIpc) is 2.70. The zero-order valence-electron chi connectivity index (χ0n) is 15.4. The van der Waals surface area contributed by atoms with Crippen molar-refractivity contribution in [2.45, 2.75) is 19.9 Å². The summed E-state index contributed by atoms with van der Waals surface area (Å²) in [7, 11) is 0. The maximum absolute atomic E-state index is 12.4. The van der Waals surface area contributed by atoms with Crippen LogP contribution in [0.4, 0.5) is 0 Å². The van der Waals surface area contributed by atoms with Crippen LogP contribution in [0.5, 0.6) is 17.2 Å². The third-order valence-corrected chi connectivity index (χ3v) is 4.24. The topological polar surface area (TPSA) is 80.6 Å². The average molecular weight is 366 g/mol. The fraction of sp³-hybridized carbons (Fsp3) is 0.333. The van der Waals surface area contributed by atoms with E-state index in [0.29, 0.717) is 30.3 Å². The lowest BCUT2D eigenvalue weighted by Gasteiger charge is -2.25. The van der Waals surface area contributed by atoms with E-state index in [4.69, 9.17) is 19.5 Å². The summed E-state index contributed by atoms with van der Waals surface area (Å²) in [5.41, 5.74) is 1.44. The minimum atomic E-state index is -0.231. The number of carbonyl (C=O) groups is 1. The van der Waals surface area contributed by atoms with E-state index in [1.807, 2.05) is 38.1 Å². The first-order valence-electron chi connectivity index (χ1n) is 8.88. The third kappa shape index (κ3) is 4.70. The van der Waals surface area contributed by atoms with Crippen LogP contribution < -0.4 is 19.5 Å². The molecule has 1 atom stereocenters. The van der Waals surface area contributed by atoms with E-state index in [1.165, 1.54) is 0 Å². The summed E-state index contributed by atoms with van der Waals surface area (Å²) in [6.07, 6.45) is 0. The summed E-state index contributed by atoms with van der Waals surface area (Å²) in [5.74, 6) is 1.86. The smallest absolute Gasteiger partial charge is 0.258 e. The number of ether oxygens (including phenoxy) is 3. The Morgan fingerprint density at radius 3 is 2.70 bits per heavy atom. The van der Waals surface area contributed by atoms with Crippen molar-refractivity contribution in [3.8, 4) is 23.3 Å². The molecule has 3 rings (SSSR count). The van der Waals surface area contributed by atoms with Gasteiger partial charge in [0.15, 0.2) is 18.1 Å². The fourth-order valence-corrected chi connectivity index (χ4v) is 2.91. The highest BCUT2D eigenvalue weighted by Crippen LogP contribution is 2.34. The fourth-order valence-electron chi connectivity index (χ4n) is 2.91. The third-order valence-electron chi connectivity index (χ3n) is 4.24. The van der Waals surface area contributed by atoms with Crippen molar-refractivity contribution < 1.29 is 19.0 Å². The van der Waals surface area contributed by atoms with E-state index in [-0.39, 0.29) is 24.5 Å². The number of nitrogens with one attached hydrogen (secondary N) is 1. The van der Waals surface area contributed by atoms with Gasteiger partial charge in [-0.2, -0.15) is 5.26 Å². The highest BCUT2D eigenvalue weighted by molar-refractivity contribution is 5.78. The quantitative estimate of drug-likeness (QED) is 0.849. The van der Waals surface area contributed by atoms with Crippen LogP contribution in [0.2, 0.25) is 0 Å². The molecule has 0 unspecified atom stereocenters. The maximum atomic E-state index is 12.4. The molecule has 27 heavy (non-hydrogen) atoms. The Bertz CT molecular complexity index is 858. The molecule has 0 saturated heterocycles. The van der Waals surface area contributed by atoms with Gasteiger partial charge in [-0.1, -0.05) is 26.0 Å². The highest BCUT2D eigenvalue weighted by Gasteiger charge is 2.21. The van der Waals surface area contributed by atoms with Crippen LogP contribution in [-0.2, 0) is 4.79 Å². The highest BCUT2D eigenvalue weighted by atomic mass is 16.6. The molecule has 1 N–H and O–H groups in total. The van der Waals surface area contributed by atoms with Crippen molar-refractivity contribution in [3.63, 3.8) is 0 Å². The number of hydrogen-bond acceptors (Lipinski definition) is 5. The number of nitrogens with zero attached hydrogens (tertiary/aromatic N) is 1. The standard InChI is InChI=1S/C21H22N2O4/c1-14(2)21(16-6-7-18-19(11-16)26-9-8-25-18)23-20(24)13-27-17-5-3-4-15(10-17)12-22/h3-7,10-11,14,21H,8-9,13H2,1-2H3,(H,23,24)/t21-/m0/s1. The molecule has 0 aliphatic carbocycles. The minimum Gasteiger partial charge on any atom is -0.486 e. The van der Waals surface area contributed by atoms with E-state index in [0.717, 1.165) is 11.3 Å². The molecule has 140 valence electrons. The minimum absolute atomic E-state index is 0.122. The molecule has 1 aliphatic heterocycles. The predicted octanol–water partition coefficient (Wildman–Crippen LogP) is 3.22. The van der Waals surface area contributed by atoms with Gasteiger partial charge in [-0.25, -0.2) is 0 Å². The Morgan fingerprint density at radius 2 is 1.96 bits per heavy atom. The summed E-state index contributed by atoms with van der Waals surface area (Å²) >= 11 is 0. The number of amides is 1. The lowest BCUT2D eigenvalue weighted by Crippen LogP contribution is -2.35. The molecule has 0 radical (unpaired) electrons. The molecular weight excluding hydrogens is 344 g/mol. The van der Waals surface area contributed by atoms with Crippen molar-refractivity contribution in [3.05, 3.63) is 53.6 Å². The molecule has 0 fully saturated rings. The van der Waals surface area contributed by atoms with Gasteiger partial charge in [0, 0.05) is 0 Å². The van der Waals surface area contributed by atoms with Crippen molar-refractivity contribution >= 4 is 5.91 Å². The number of fused-ring (bicyclic) bond motifs is 1. The van der Waals surface area contributed by atoms with Crippen LogP contribution >= 0.6 is 0 Å². The van der Waals surface area contributed by atoms with Crippen molar-refractivity contribution in [2.75, 3.05) is 19.8 Å². The maximum Gasteiger partial charge on any atom is 0.258 e. The summed E-state index contributed by atoms with van der Waals surface area (Å²) in [6, 6.07) is 14.3. The van der Waals surface area contributed by atoms with E-state index >= 15 is 0 Å². The Balaban J connectivity index is 1.65. The molecule has 0 spiro atoms. The van der Waals surface area contributed by atoms with E-state index in [9.17, 15) is 4.79 Å².